The summed E-state index contributed by atoms with van der Waals surface area (Å²) in [4.78, 5) is 0. The van der Waals surface area contributed by atoms with Crippen LogP contribution in [0.3, 0.4) is 0 Å². The summed E-state index contributed by atoms with van der Waals surface area (Å²) in [5, 5.41) is 0. The van der Waals surface area contributed by atoms with Crippen molar-refractivity contribution in [2.24, 2.45) is 0 Å². The first kappa shape index (κ1) is 12.9. The quantitative estimate of drug-likeness (QED) is 0.716. The van der Waals surface area contributed by atoms with Crippen LogP contribution in [0.5, 0.6) is 5.75 Å². The molecule has 1 aromatic carbocycles. The first-order chi connectivity index (χ1) is 8.79. The zero-order chi connectivity index (χ0) is 12.8. The minimum Gasteiger partial charge on any atom is -0.489 e. The van der Waals surface area contributed by atoms with E-state index in [0.29, 0.717) is 12.5 Å². The van der Waals surface area contributed by atoms with Gasteiger partial charge in [-0.1, -0.05) is 44.2 Å². The van der Waals surface area contributed by atoms with Crippen molar-refractivity contribution >= 4 is 0 Å². The molecule has 0 aromatic heterocycles. The van der Waals surface area contributed by atoms with E-state index >= 15 is 0 Å². The highest BCUT2D eigenvalue weighted by Gasteiger charge is 2.04. The van der Waals surface area contributed by atoms with Crippen LogP contribution in [0.2, 0.25) is 0 Å². The first-order valence-corrected chi connectivity index (χ1v) is 6.87. The molecule has 0 amide bonds. The summed E-state index contributed by atoms with van der Waals surface area (Å²) in [6.45, 7) is 5.19. The lowest BCUT2D eigenvalue weighted by Gasteiger charge is -2.13. The van der Waals surface area contributed by atoms with E-state index in [1.165, 1.54) is 17.6 Å². The molecule has 0 spiro atoms. The Bertz CT molecular complexity index is 425. The highest BCUT2D eigenvalue weighted by Crippen LogP contribution is 2.22. The van der Waals surface area contributed by atoms with Gasteiger partial charge in [0.2, 0.25) is 0 Å². The van der Waals surface area contributed by atoms with Crippen molar-refractivity contribution in [3.8, 4) is 5.75 Å². The largest absolute Gasteiger partial charge is 0.489 e. The van der Waals surface area contributed by atoms with Crippen LogP contribution in [0, 0.1) is 0 Å². The van der Waals surface area contributed by atoms with Crippen LogP contribution in [-0.4, -0.2) is 6.61 Å². The highest BCUT2D eigenvalue weighted by molar-refractivity contribution is 5.30. The van der Waals surface area contributed by atoms with Crippen LogP contribution in [0.15, 0.2) is 48.1 Å². The molecule has 1 aromatic rings. The number of benzene rings is 1. The number of hydrogen-bond acceptors (Lipinski definition) is 1. The minimum atomic E-state index is 0.630. The standard InChI is InChI=1S/C17H22O/c1-3-14(2)16-9-11-17(12-10-16)18-13-15-7-5-4-6-8-15/h4-5,7,9-12,14H,3,6,8,13H2,1-2H3. The van der Waals surface area contributed by atoms with Gasteiger partial charge in [-0.15, -0.1) is 0 Å². The van der Waals surface area contributed by atoms with Crippen molar-refractivity contribution in [3.05, 3.63) is 53.6 Å². The molecule has 1 aliphatic carbocycles. The predicted molar refractivity (Wildman–Crippen MR) is 77.1 cm³/mol. The first-order valence-electron chi connectivity index (χ1n) is 6.87. The summed E-state index contributed by atoms with van der Waals surface area (Å²) in [5.41, 5.74) is 2.77. The van der Waals surface area contributed by atoms with E-state index in [2.05, 4.69) is 56.3 Å². The van der Waals surface area contributed by atoms with Gasteiger partial charge in [-0.2, -0.15) is 0 Å². The summed E-state index contributed by atoms with van der Waals surface area (Å²) in [7, 11) is 0. The Labute approximate surface area is 110 Å². The van der Waals surface area contributed by atoms with Gasteiger partial charge in [0, 0.05) is 0 Å². The molecule has 2 rings (SSSR count). The zero-order valence-electron chi connectivity index (χ0n) is 11.4. The SMILES string of the molecule is CCC(C)c1ccc(OCC2=CC=CCC2)cc1. The van der Waals surface area contributed by atoms with Crippen molar-refractivity contribution in [1.82, 2.24) is 0 Å². The summed E-state index contributed by atoms with van der Waals surface area (Å²) in [6.07, 6.45) is 9.93. The molecule has 0 bridgehead atoms. The molecule has 96 valence electrons. The fourth-order valence-corrected chi connectivity index (χ4v) is 2.08. The van der Waals surface area contributed by atoms with Gasteiger partial charge < -0.3 is 4.74 Å². The second-order valence-electron chi connectivity index (χ2n) is 4.96. The molecule has 1 unspecified atom stereocenters. The molecular weight excluding hydrogens is 220 g/mol. The lowest BCUT2D eigenvalue weighted by atomic mass is 9.99. The van der Waals surface area contributed by atoms with Crippen molar-refractivity contribution in [1.29, 1.82) is 0 Å². The van der Waals surface area contributed by atoms with Crippen LogP contribution in [0.4, 0.5) is 0 Å². The van der Waals surface area contributed by atoms with E-state index in [1.807, 2.05) is 0 Å². The third-order valence-electron chi connectivity index (χ3n) is 3.59. The van der Waals surface area contributed by atoms with E-state index in [4.69, 9.17) is 4.74 Å². The third-order valence-corrected chi connectivity index (χ3v) is 3.59. The van der Waals surface area contributed by atoms with Crippen LogP contribution < -0.4 is 4.74 Å². The topological polar surface area (TPSA) is 9.23 Å². The van der Waals surface area contributed by atoms with Gasteiger partial charge in [-0.3, -0.25) is 0 Å². The third kappa shape index (κ3) is 3.49. The van der Waals surface area contributed by atoms with Gasteiger partial charge in [-0.05, 0) is 48.4 Å². The lowest BCUT2D eigenvalue weighted by molar-refractivity contribution is 0.347. The van der Waals surface area contributed by atoms with Gasteiger partial charge in [0.1, 0.15) is 12.4 Å². The van der Waals surface area contributed by atoms with Crippen molar-refractivity contribution in [2.45, 2.75) is 39.0 Å². The minimum absolute atomic E-state index is 0.630. The molecule has 0 fully saturated rings. The Hall–Kier alpha value is -1.50. The number of hydrogen-bond donors (Lipinski definition) is 0. The fourth-order valence-electron chi connectivity index (χ4n) is 2.08. The smallest absolute Gasteiger partial charge is 0.119 e. The van der Waals surface area contributed by atoms with E-state index < -0.39 is 0 Å². The average Bonchev–Trinajstić information content (AvgIpc) is 2.46. The summed E-state index contributed by atoms with van der Waals surface area (Å²) < 4.78 is 5.81. The Morgan fingerprint density at radius 1 is 1.22 bits per heavy atom. The molecule has 18 heavy (non-hydrogen) atoms. The van der Waals surface area contributed by atoms with Gasteiger partial charge in [0.25, 0.3) is 0 Å². The molecule has 0 aliphatic heterocycles. The molecule has 1 heteroatoms. The van der Waals surface area contributed by atoms with Gasteiger partial charge >= 0.3 is 0 Å². The molecule has 0 radical (unpaired) electrons. The normalized spacial score (nSPS) is 16.2. The maximum atomic E-state index is 5.81. The van der Waals surface area contributed by atoms with Gasteiger partial charge in [0.05, 0.1) is 0 Å². The maximum absolute atomic E-state index is 5.81. The van der Waals surface area contributed by atoms with E-state index in [9.17, 15) is 0 Å². The zero-order valence-corrected chi connectivity index (χ0v) is 11.4. The number of ether oxygens (including phenoxy) is 1. The van der Waals surface area contributed by atoms with E-state index in [1.54, 1.807) is 0 Å². The Morgan fingerprint density at radius 3 is 2.61 bits per heavy atom. The molecule has 0 heterocycles. The summed E-state index contributed by atoms with van der Waals surface area (Å²) in [5.74, 6) is 1.60. The second-order valence-corrected chi connectivity index (χ2v) is 4.96. The second kappa shape index (κ2) is 6.44. The molecule has 1 aliphatic rings. The Morgan fingerprint density at radius 2 is 2.00 bits per heavy atom. The molecule has 1 nitrogen and oxygen atoms in total. The van der Waals surface area contributed by atoms with Gasteiger partial charge in [-0.25, -0.2) is 0 Å². The predicted octanol–water partition coefficient (Wildman–Crippen LogP) is 4.86. The van der Waals surface area contributed by atoms with Crippen LogP contribution in [-0.2, 0) is 0 Å². The van der Waals surface area contributed by atoms with E-state index in [0.717, 1.165) is 18.6 Å². The summed E-state index contributed by atoms with van der Waals surface area (Å²) >= 11 is 0. The molecule has 0 N–H and O–H groups in total. The van der Waals surface area contributed by atoms with E-state index in [-0.39, 0.29) is 0 Å². The lowest BCUT2D eigenvalue weighted by Crippen LogP contribution is -2.02. The van der Waals surface area contributed by atoms with Crippen LogP contribution in [0.1, 0.15) is 44.6 Å². The van der Waals surface area contributed by atoms with Crippen LogP contribution in [0.25, 0.3) is 0 Å². The summed E-state index contributed by atoms with van der Waals surface area (Å²) in [6, 6.07) is 8.53. The molecule has 0 saturated carbocycles. The van der Waals surface area contributed by atoms with Gasteiger partial charge in [0.15, 0.2) is 0 Å². The maximum Gasteiger partial charge on any atom is 0.119 e. The average molecular weight is 242 g/mol. The van der Waals surface area contributed by atoms with Crippen molar-refractivity contribution in [3.63, 3.8) is 0 Å². The molecule has 0 saturated heterocycles. The monoisotopic (exact) mass is 242 g/mol. The van der Waals surface area contributed by atoms with Crippen molar-refractivity contribution in [2.75, 3.05) is 6.61 Å². The van der Waals surface area contributed by atoms with Crippen LogP contribution >= 0.6 is 0 Å². The highest BCUT2D eigenvalue weighted by atomic mass is 16.5. The Balaban J connectivity index is 1.90. The number of rotatable bonds is 5. The molecule has 1 atom stereocenters. The Kier molecular flexibility index (Phi) is 4.63. The molecular formula is C17H22O. The fraction of sp³-hybridized carbons (Fsp3) is 0.412. The number of allylic oxidation sites excluding steroid dienone is 3. The van der Waals surface area contributed by atoms with Crippen molar-refractivity contribution < 1.29 is 4.74 Å².